The number of hydrogen-bond donors (Lipinski definition) is 2. The van der Waals surface area contributed by atoms with E-state index in [-0.39, 0.29) is 18.0 Å². The number of rotatable bonds is 4. The van der Waals surface area contributed by atoms with Crippen molar-refractivity contribution in [1.29, 1.82) is 0 Å². The Labute approximate surface area is 153 Å². The minimum atomic E-state index is 0.0816. The van der Waals surface area contributed by atoms with Crippen LogP contribution >= 0.6 is 0 Å². The van der Waals surface area contributed by atoms with E-state index < -0.39 is 0 Å². The van der Waals surface area contributed by atoms with Crippen LogP contribution in [0.3, 0.4) is 0 Å². The largest absolute Gasteiger partial charge is 0.497 e. The number of aryl methyl sites for hydroxylation is 1. The van der Waals surface area contributed by atoms with E-state index in [0.717, 1.165) is 24.2 Å². The van der Waals surface area contributed by atoms with Crippen LogP contribution in [0.5, 0.6) is 5.75 Å². The molecule has 6 heteroatoms. The van der Waals surface area contributed by atoms with Gasteiger partial charge in [-0.15, -0.1) is 5.10 Å². The summed E-state index contributed by atoms with van der Waals surface area (Å²) in [5.74, 6) is 1.83. The number of nitrogens with one attached hydrogen (secondary N) is 1. The summed E-state index contributed by atoms with van der Waals surface area (Å²) in [6.07, 6.45) is 1.88. The number of benzene rings is 2. The molecule has 0 amide bonds. The molecule has 2 heterocycles. The Morgan fingerprint density at radius 3 is 2.73 bits per heavy atom. The Morgan fingerprint density at radius 1 is 1.19 bits per heavy atom. The summed E-state index contributed by atoms with van der Waals surface area (Å²) in [5, 5.41) is 7.87. The second-order valence-corrected chi connectivity index (χ2v) is 6.56. The molecule has 2 aromatic carbocycles. The number of hydrogen-bond acceptors (Lipinski definition) is 5. The average Bonchev–Trinajstić information content (AvgIpc) is 3.07. The first-order valence-electron chi connectivity index (χ1n) is 8.89. The van der Waals surface area contributed by atoms with Crippen LogP contribution in [0.25, 0.3) is 0 Å². The molecule has 0 fully saturated rings. The molecule has 134 valence electrons. The van der Waals surface area contributed by atoms with Gasteiger partial charge in [0, 0.05) is 0 Å². The van der Waals surface area contributed by atoms with Gasteiger partial charge in [-0.3, -0.25) is 0 Å². The summed E-state index contributed by atoms with van der Waals surface area (Å²) >= 11 is 0. The van der Waals surface area contributed by atoms with Crippen LogP contribution in [0.4, 0.5) is 11.9 Å². The highest BCUT2D eigenvalue weighted by Crippen LogP contribution is 2.38. The molecule has 1 aliphatic heterocycles. The van der Waals surface area contributed by atoms with E-state index >= 15 is 0 Å². The maximum atomic E-state index is 5.87. The number of fused-ring (bicyclic) bond motifs is 1. The van der Waals surface area contributed by atoms with Gasteiger partial charge in [0.1, 0.15) is 5.75 Å². The number of anilines is 2. The van der Waals surface area contributed by atoms with Crippen LogP contribution in [-0.2, 0) is 6.42 Å². The molecule has 4 rings (SSSR count). The molecule has 0 aliphatic carbocycles. The predicted octanol–water partition coefficient (Wildman–Crippen LogP) is 3.58. The second-order valence-electron chi connectivity index (χ2n) is 6.56. The highest BCUT2D eigenvalue weighted by molar-refractivity contribution is 5.43. The van der Waals surface area contributed by atoms with Crippen molar-refractivity contribution in [2.24, 2.45) is 0 Å². The zero-order chi connectivity index (χ0) is 18.1. The lowest BCUT2D eigenvalue weighted by atomic mass is 9.92. The van der Waals surface area contributed by atoms with E-state index in [2.05, 4.69) is 58.7 Å². The van der Waals surface area contributed by atoms with Gasteiger partial charge >= 0.3 is 0 Å². The zero-order valence-corrected chi connectivity index (χ0v) is 15.0. The van der Waals surface area contributed by atoms with E-state index in [0.29, 0.717) is 5.95 Å². The predicted molar refractivity (Wildman–Crippen MR) is 102 cm³/mol. The van der Waals surface area contributed by atoms with Gasteiger partial charge < -0.3 is 15.8 Å². The molecule has 0 saturated heterocycles. The summed E-state index contributed by atoms with van der Waals surface area (Å²) < 4.78 is 7.27. The van der Waals surface area contributed by atoms with Gasteiger partial charge in [0.25, 0.3) is 0 Å². The standard InChI is InChI=1S/C20H23N5O/c1-3-13-7-9-14(10-8-13)18-12-17(15-5-4-6-16(11-15)26-2)22-20-23-19(21)24-25(18)20/h4-11,17-18H,3,12H2,1-2H3,(H3,21,22,23,24). The van der Waals surface area contributed by atoms with Crippen LogP contribution in [-0.4, -0.2) is 21.9 Å². The van der Waals surface area contributed by atoms with Gasteiger partial charge in [-0.2, -0.15) is 4.98 Å². The fourth-order valence-corrected chi connectivity index (χ4v) is 3.52. The smallest absolute Gasteiger partial charge is 0.241 e. The topological polar surface area (TPSA) is 78.0 Å². The minimum Gasteiger partial charge on any atom is -0.497 e. The molecule has 2 atom stereocenters. The number of aromatic nitrogens is 3. The maximum Gasteiger partial charge on any atom is 0.241 e. The first-order chi connectivity index (χ1) is 12.7. The Morgan fingerprint density at radius 2 is 2.00 bits per heavy atom. The normalized spacial score (nSPS) is 18.8. The number of nitrogens with zero attached hydrogens (tertiary/aromatic N) is 3. The summed E-state index contributed by atoms with van der Waals surface area (Å²) in [6.45, 7) is 2.16. The lowest BCUT2D eigenvalue weighted by Gasteiger charge is -2.32. The Balaban J connectivity index is 1.72. The van der Waals surface area contributed by atoms with Crippen LogP contribution in [0, 0.1) is 0 Å². The van der Waals surface area contributed by atoms with E-state index in [1.807, 2.05) is 16.8 Å². The van der Waals surface area contributed by atoms with Crippen molar-refractivity contribution in [3.8, 4) is 5.75 Å². The van der Waals surface area contributed by atoms with Crippen molar-refractivity contribution in [3.05, 3.63) is 65.2 Å². The first-order valence-corrected chi connectivity index (χ1v) is 8.89. The van der Waals surface area contributed by atoms with E-state index in [1.54, 1.807) is 7.11 Å². The van der Waals surface area contributed by atoms with Gasteiger partial charge in [0.15, 0.2) is 0 Å². The molecule has 6 nitrogen and oxygen atoms in total. The lowest BCUT2D eigenvalue weighted by Crippen LogP contribution is -2.28. The van der Waals surface area contributed by atoms with E-state index in [1.165, 1.54) is 11.1 Å². The van der Waals surface area contributed by atoms with Crippen LogP contribution in [0.2, 0.25) is 0 Å². The highest BCUT2D eigenvalue weighted by atomic mass is 16.5. The van der Waals surface area contributed by atoms with Crippen LogP contribution < -0.4 is 15.8 Å². The molecule has 1 aromatic heterocycles. The van der Waals surface area contributed by atoms with E-state index in [9.17, 15) is 0 Å². The van der Waals surface area contributed by atoms with Crippen molar-refractivity contribution < 1.29 is 4.74 Å². The Bertz CT molecular complexity index is 903. The zero-order valence-electron chi connectivity index (χ0n) is 15.0. The Hall–Kier alpha value is -3.02. The molecule has 0 saturated carbocycles. The number of ether oxygens (including phenoxy) is 1. The van der Waals surface area contributed by atoms with Gasteiger partial charge in [-0.25, -0.2) is 4.68 Å². The van der Waals surface area contributed by atoms with Crippen molar-refractivity contribution in [1.82, 2.24) is 14.8 Å². The molecule has 3 aromatic rings. The summed E-state index contributed by atoms with van der Waals surface area (Å²) in [5.41, 5.74) is 9.57. The number of nitrogen functional groups attached to an aromatic ring is 1. The molecule has 26 heavy (non-hydrogen) atoms. The molecule has 0 bridgehead atoms. The SMILES string of the molecule is CCc1ccc(C2CC(c3cccc(OC)c3)Nc3nc(N)nn32)cc1. The quantitative estimate of drug-likeness (QED) is 0.753. The molecular formula is C20H23N5O. The fraction of sp³-hybridized carbons (Fsp3) is 0.300. The minimum absolute atomic E-state index is 0.0816. The number of methoxy groups -OCH3 is 1. The molecule has 1 aliphatic rings. The van der Waals surface area contributed by atoms with Gasteiger partial charge in [-0.1, -0.05) is 43.3 Å². The van der Waals surface area contributed by atoms with Gasteiger partial charge in [-0.05, 0) is 41.7 Å². The van der Waals surface area contributed by atoms with Crippen molar-refractivity contribution in [2.75, 3.05) is 18.2 Å². The fourth-order valence-electron chi connectivity index (χ4n) is 3.52. The molecule has 3 N–H and O–H groups in total. The monoisotopic (exact) mass is 349 g/mol. The maximum absolute atomic E-state index is 5.87. The summed E-state index contributed by atoms with van der Waals surface area (Å²) in [4.78, 5) is 4.37. The van der Waals surface area contributed by atoms with Crippen molar-refractivity contribution >= 4 is 11.9 Å². The van der Waals surface area contributed by atoms with Gasteiger partial charge in [0.2, 0.25) is 11.9 Å². The van der Waals surface area contributed by atoms with E-state index in [4.69, 9.17) is 10.5 Å². The molecule has 0 radical (unpaired) electrons. The third kappa shape index (κ3) is 2.98. The highest BCUT2D eigenvalue weighted by Gasteiger charge is 2.31. The average molecular weight is 349 g/mol. The molecule has 2 unspecified atom stereocenters. The van der Waals surface area contributed by atoms with Crippen LogP contribution in [0.15, 0.2) is 48.5 Å². The Kier molecular flexibility index (Phi) is 4.24. The number of nitrogens with two attached hydrogens (primary N) is 1. The van der Waals surface area contributed by atoms with Crippen molar-refractivity contribution in [2.45, 2.75) is 31.8 Å². The lowest BCUT2D eigenvalue weighted by molar-refractivity contribution is 0.410. The summed E-state index contributed by atoms with van der Waals surface area (Å²) in [7, 11) is 1.68. The first kappa shape index (κ1) is 16.4. The van der Waals surface area contributed by atoms with Crippen LogP contribution in [0.1, 0.15) is 42.1 Å². The third-order valence-corrected chi connectivity index (χ3v) is 4.97. The van der Waals surface area contributed by atoms with Gasteiger partial charge in [0.05, 0.1) is 19.2 Å². The summed E-state index contributed by atoms with van der Waals surface area (Å²) in [6, 6.07) is 17.0. The molecule has 0 spiro atoms. The third-order valence-electron chi connectivity index (χ3n) is 4.97. The second kappa shape index (κ2) is 6.71. The molecular weight excluding hydrogens is 326 g/mol. The van der Waals surface area contributed by atoms with Crippen molar-refractivity contribution in [3.63, 3.8) is 0 Å².